The SMILES string of the molecule is Cc1cc(C)c2oc(-c3cccc(NC(=O)c4ccc(Cl)cc4Cl)c3)nc2c1. The Morgan fingerprint density at radius 2 is 1.86 bits per heavy atom. The average Bonchev–Trinajstić information content (AvgIpc) is 3.06. The molecule has 0 radical (unpaired) electrons. The summed E-state index contributed by atoms with van der Waals surface area (Å²) < 4.78 is 5.96. The van der Waals surface area contributed by atoms with E-state index in [4.69, 9.17) is 27.6 Å². The number of nitrogens with one attached hydrogen (secondary N) is 1. The van der Waals surface area contributed by atoms with Gasteiger partial charge in [0.15, 0.2) is 5.58 Å². The van der Waals surface area contributed by atoms with Crippen molar-refractivity contribution in [3.63, 3.8) is 0 Å². The molecule has 0 aliphatic carbocycles. The Bertz CT molecular complexity index is 1210. The summed E-state index contributed by atoms with van der Waals surface area (Å²) in [5.41, 5.74) is 5.49. The quantitative estimate of drug-likeness (QED) is 0.410. The van der Waals surface area contributed by atoms with Gasteiger partial charge in [-0.3, -0.25) is 4.79 Å². The van der Waals surface area contributed by atoms with Gasteiger partial charge in [0.05, 0.1) is 10.6 Å². The number of rotatable bonds is 3. The van der Waals surface area contributed by atoms with Gasteiger partial charge in [-0.05, 0) is 67.4 Å². The third-order valence-electron chi connectivity index (χ3n) is 4.36. The third kappa shape index (κ3) is 3.61. The molecule has 0 saturated heterocycles. The van der Waals surface area contributed by atoms with E-state index in [0.717, 1.165) is 27.8 Å². The van der Waals surface area contributed by atoms with Crippen molar-refractivity contribution in [1.82, 2.24) is 4.98 Å². The van der Waals surface area contributed by atoms with Crippen LogP contribution in [-0.4, -0.2) is 10.9 Å². The summed E-state index contributed by atoms with van der Waals surface area (Å²) in [6, 6.07) is 16.1. The van der Waals surface area contributed by atoms with Crippen molar-refractivity contribution in [2.75, 3.05) is 5.32 Å². The lowest BCUT2D eigenvalue weighted by Crippen LogP contribution is -2.12. The van der Waals surface area contributed by atoms with Gasteiger partial charge in [0.25, 0.3) is 5.91 Å². The molecule has 1 N–H and O–H groups in total. The molecule has 4 rings (SSSR count). The van der Waals surface area contributed by atoms with E-state index in [1.807, 2.05) is 38.1 Å². The highest BCUT2D eigenvalue weighted by atomic mass is 35.5. The molecule has 6 heteroatoms. The molecule has 0 aliphatic rings. The summed E-state index contributed by atoms with van der Waals surface area (Å²) in [4.78, 5) is 17.1. The monoisotopic (exact) mass is 410 g/mol. The Hall–Kier alpha value is -2.82. The van der Waals surface area contributed by atoms with E-state index >= 15 is 0 Å². The van der Waals surface area contributed by atoms with Crippen LogP contribution in [0.25, 0.3) is 22.6 Å². The van der Waals surface area contributed by atoms with E-state index < -0.39 is 0 Å². The Morgan fingerprint density at radius 1 is 1.04 bits per heavy atom. The Morgan fingerprint density at radius 3 is 2.64 bits per heavy atom. The molecule has 0 spiro atoms. The standard InChI is InChI=1S/C22H16Cl2N2O2/c1-12-8-13(2)20-19(9-12)26-22(28-20)14-4-3-5-16(10-14)25-21(27)17-7-6-15(23)11-18(17)24/h3-11H,1-2H3,(H,25,27). The predicted molar refractivity (Wildman–Crippen MR) is 113 cm³/mol. The van der Waals surface area contributed by atoms with Crippen LogP contribution in [0.2, 0.25) is 10.0 Å². The summed E-state index contributed by atoms with van der Waals surface area (Å²) >= 11 is 12.0. The van der Waals surface area contributed by atoms with Crippen LogP contribution < -0.4 is 5.32 Å². The first-order valence-corrected chi connectivity index (χ1v) is 9.41. The average molecular weight is 411 g/mol. The minimum Gasteiger partial charge on any atom is -0.436 e. The third-order valence-corrected chi connectivity index (χ3v) is 4.91. The number of fused-ring (bicyclic) bond motifs is 1. The van der Waals surface area contributed by atoms with Crippen LogP contribution in [0.3, 0.4) is 0 Å². The zero-order valence-electron chi connectivity index (χ0n) is 15.2. The summed E-state index contributed by atoms with van der Waals surface area (Å²) in [5.74, 6) is 0.187. The summed E-state index contributed by atoms with van der Waals surface area (Å²) in [6.45, 7) is 4.02. The van der Waals surface area contributed by atoms with Crippen LogP contribution in [0.4, 0.5) is 5.69 Å². The van der Waals surface area contributed by atoms with E-state index in [9.17, 15) is 4.79 Å². The largest absolute Gasteiger partial charge is 0.436 e. The van der Waals surface area contributed by atoms with Crippen molar-refractivity contribution in [2.45, 2.75) is 13.8 Å². The second-order valence-corrected chi connectivity index (χ2v) is 7.45. The lowest BCUT2D eigenvalue weighted by Gasteiger charge is -2.08. The molecule has 4 nitrogen and oxygen atoms in total. The number of carbonyl (C=O) groups excluding carboxylic acids is 1. The number of nitrogens with zero attached hydrogens (tertiary/aromatic N) is 1. The summed E-state index contributed by atoms with van der Waals surface area (Å²) in [6.07, 6.45) is 0. The van der Waals surface area contributed by atoms with Gasteiger partial charge in [-0.15, -0.1) is 0 Å². The van der Waals surface area contributed by atoms with E-state index in [0.29, 0.717) is 27.2 Å². The second kappa shape index (κ2) is 7.30. The molecule has 4 aromatic rings. The molecule has 28 heavy (non-hydrogen) atoms. The van der Waals surface area contributed by atoms with Gasteiger partial charge in [-0.25, -0.2) is 4.98 Å². The van der Waals surface area contributed by atoms with Crippen molar-refractivity contribution in [2.24, 2.45) is 0 Å². The minimum atomic E-state index is -0.317. The van der Waals surface area contributed by atoms with E-state index in [-0.39, 0.29) is 5.91 Å². The molecular formula is C22H16Cl2N2O2. The number of hydrogen-bond acceptors (Lipinski definition) is 3. The van der Waals surface area contributed by atoms with Gasteiger partial charge >= 0.3 is 0 Å². The summed E-state index contributed by atoms with van der Waals surface area (Å²) in [5, 5.41) is 3.62. The van der Waals surface area contributed by atoms with Gasteiger partial charge < -0.3 is 9.73 Å². The molecule has 1 amide bonds. The number of amides is 1. The van der Waals surface area contributed by atoms with Gasteiger partial charge in [0, 0.05) is 16.3 Å². The van der Waals surface area contributed by atoms with Crippen LogP contribution in [-0.2, 0) is 0 Å². The van der Waals surface area contributed by atoms with Crippen molar-refractivity contribution in [3.8, 4) is 11.5 Å². The van der Waals surface area contributed by atoms with Crippen molar-refractivity contribution < 1.29 is 9.21 Å². The number of benzene rings is 3. The maximum atomic E-state index is 12.5. The van der Waals surface area contributed by atoms with Gasteiger partial charge in [-0.1, -0.05) is 35.3 Å². The maximum absolute atomic E-state index is 12.5. The molecule has 0 atom stereocenters. The van der Waals surface area contributed by atoms with Gasteiger partial charge in [-0.2, -0.15) is 0 Å². The molecule has 1 aromatic heterocycles. The van der Waals surface area contributed by atoms with E-state index in [2.05, 4.69) is 16.4 Å². The minimum absolute atomic E-state index is 0.297. The molecule has 0 aliphatic heterocycles. The first-order valence-electron chi connectivity index (χ1n) is 8.65. The highest BCUT2D eigenvalue weighted by Gasteiger charge is 2.14. The number of oxazole rings is 1. The molecule has 0 saturated carbocycles. The van der Waals surface area contributed by atoms with E-state index in [1.165, 1.54) is 6.07 Å². The number of carbonyl (C=O) groups is 1. The highest BCUT2D eigenvalue weighted by Crippen LogP contribution is 2.29. The fourth-order valence-electron chi connectivity index (χ4n) is 3.10. The van der Waals surface area contributed by atoms with E-state index in [1.54, 1.807) is 18.2 Å². The first-order chi connectivity index (χ1) is 13.4. The fourth-order valence-corrected chi connectivity index (χ4v) is 3.60. The van der Waals surface area contributed by atoms with Gasteiger partial charge in [0.1, 0.15) is 5.52 Å². The first kappa shape index (κ1) is 18.5. The topological polar surface area (TPSA) is 55.1 Å². The fraction of sp³-hybridized carbons (Fsp3) is 0.0909. The highest BCUT2D eigenvalue weighted by molar-refractivity contribution is 6.37. The molecule has 0 fully saturated rings. The number of aryl methyl sites for hydroxylation is 2. The normalized spacial score (nSPS) is 11.0. The van der Waals surface area contributed by atoms with Crippen molar-refractivity contribution in [1.29, 1.82) is 0 Å². The van der Waals surface area contributed by atoms with Gasteiger partial charge in [0.2, 0.25) is 5.89 Å². The van der Waals surface area contributed by atoms with Crippen LogP contribution in [0.1, 0.15) is 21.5 Å². The zero-order valence-corrected chi connectivity index (χ0v) is 16.7. The molecule has 1 heterocycles. The van der Waals surface area contributed by atoms with Crippen LogP contribution in [0.15, 0.2) is 59.0 Å². The lowest BCUT2D eigenvalue weighted by atomic mass is 10.1. The second-order valence-electron chi connectivity index (χ2n) is 6.61. The number of anilines is 1. The molecule has 0 bridgehead atoms. The number of aromatic nitrogens is 1. The Balaban J connectivity index is 1.65. The van der Waals surface area contributed by atoms with Crippen LogP contribution in [0, 0.1) is 13.8 Å². The number of halogens is 2. The van der Waals surface area contributed by atoms with Crippen molar-refractivity contribution in [3.05, 3.63) is 81.3 Å². The smallest absolute Gasteiger partial charge is 0.257 e. The zero-order chi connectivity index (χ0) is 19.8. The molecule has 0 unspecified atom stereocenters. The summed E-state index contributed by atoms with van der Waals surface area (Å²) in [7, 11) is 0. The predicted octanol–water partition coefficient (Wildman–Crippen LogP) is 6.67. The maximum Gasteiger partial charge on any atom is 0.257 e. The Kier molecular flexibility index (Phi) is 4.84. The lowest BCUT2D eigenvalue weighted by molar-refractivity contribution is 0.102. The van der Waals surface area contributed by atoms with Crippen LogP contribution >= 0.6 is 23.2 Å². The van der Waals surface area contributed by atoms with Crippen molar-refractivity contribution >= 4 is 45.9 Å². The molecular weight excluding hydrogens is 395 g/mol. The molecule has 3 aromatic carbocycles. The Labute approximate surface area is 172 Å². The van der Waals surface area contributed by atoms with Crippen LogP contribution in [0.5, 0.6) is 0 Å². The number of hydrogen-bond donors (Lipinski definition) is 1. The molecule has 140 valence electrons.